The Balaban J connectivity index is 2.94. The van der Waals surface area contributed by atoms with Gasteiger partial charge in [0.15, 0.2) is 12.6 Å². The number of carbonyl (C=O) groups excluding carboxylic acids is 3. The van der Waals surface area contributed by atoms with Gasteiger partial charge in [-0.25, -0.2) is 4.79 Å². The Morgan fingerprint density at radius 3 is 2.21 bits per heavy atom. The summed E-state index contributed by atoms with van der Waals surface area (Å²) in [6.45, 7) is 5.80. The molecular weight excluding hydrogens is 308 g/mol. The maximum absolute atomic E-state index is 12.5. The summed E-state index contributed by atoms with van der Waals surface area (Å²) in [5.74, 6) is -0.615. The van der Waals surface area contributed by atoms with Gasteiger partial charge in [-0.05, 0) is 20.8 Å². The molecule has 0 saturated carbocycles. The topological polar surface area (TPSA) is 91.7 Å². The zero-order chi connectivity index (χ0) is 18.3. The lowest BCUT2D eigenvalue weighted by Crippen LogP contribution is -3.12. The predicted molar refractivity (Wildman–Crippen MR) is 91.4 cm³/mol. The van der Waals surface area contributed by atoms with Crippen LogP contribution in [0.4, 0.5) is 4.79 Å². The third kappa shape index (κ3) is 6.37. The third-order valence-corrected chi connectivity index (χ3v) is 3.31. The minimum atomic E-state index is -0.672. The largest absolute Gasteiger partial charge is 0.347 e. The molecule has 4 N–H and O–H groups in total. The molecule has 4 amide bonds. The van der Waals surface area contributed by atoms with E-state index in [1.807, 2.05) is 39.0 Å². The van der Waals surface area contributed by atoms with Crippen LogP contribution in [-0.4, -0.2) is 44.0 Å². The zero-order valence-electron chi connectivity index (χ0n) is 14.9. The first kappa shape index (κ1) is 19.6. The third-order valence-electron chi connectivity index (χ3n) is 3.31. The molecular formula is C17H27N4O3+. The predicted octanol–water partition coefficient (Wildman–Crippen LogP) is -0.387. The van der Waals surface area contributed by atoms with Crippen molar-refractivity contribution in [2.45, 2.75) is 32.4 Å². The van der Waals surface area contributed by atoms with Crippen LogP contribution < -0.4 is 20.9 Å². The van der Waals surface area contributed by atoms with Crippen LogP contribution in [0.15, 0.2) is 30.3 Å². The standard InChI is InChI=1S/C17H26N4O3/c1-17(2,3)20-13(22)11-21(5)14(12-9-7-6-8-10-12)15(23)19-16(24)18-4/h6-10,14H,11H2,1-5H3,(H,20,22)(H2,18,19,23,24)/p+1/t14-/m0/s1. The summed E-state index contributed by atoms with van der Waals surface area (Å²) >= 11 is 0. The van der Waals surface area contributed by atoms with Crippen LogP contribution in [0.25, 0.3) is 0 Å². The Labute approximate surface area is 142 Å². The summed E-state index contributed by atoms with van der Waals surface area (Å²) in [5, 5.41) is 7.52. The molecule has 7 heteroatoms. The minimum absolute atomic E-state index is 0.109. The zero-order valence-corrected chi connectivity index (χ0v) is 14.9. The molecule has 0 aliphatic rings. The molecule has 2 atom stereocenters. The Hall–Kier alpha value is -2.41. The minimum Gasteiger partial charge on any atom is -0.347 e. The summed E-state index contributed by atoms with van der Waals surface area (Å²) in [6, 6.07) is 7.84. The van der Waals surface area contributed by atoms with Gasteiger partial charge >= 0.3 is 6.03 Å². The Kier molecular flexibility index (Phi) is 6.91. The molecule has 0 heterocycles. The number of hydrogen-bond donors (Lipinski definition) is 4. The van der Waals surface area contributed by atoms with Gasteiger partial charge in [-0.3, -0.25) is 14.9 Å². The second-order valence-corrected chi connectivity index (χ2v) is 6.73. The first-order valence-electron chi connectivity index (χ1n) is 7.85. The van der Waals surface area contributed by atoms with Gasteiger partial charge in [0.2, 0.25) is 0 Å². The van der Waals surface area contributed by atoms with Crippen LogP contribution >= 0.6 is 0 Å². The molecule has 0 fully saturated rings. The summed E-state index contributed by atoms with van der Waals surface area (Å²) in [6.07, 6.45) is 0. The number of nitrogens with one attached hydrogen (secondary N) is 4. The quantitative estimate of drug-likeness (QED) is 0.591. The van der Waals surface area contributed by atoms with Crippen LogP contribution in [0.5, 0.6) is 0 Å². The fourth-order valence-corrected chi connectivity index (χ4v) is 2.37. The van der Waals surface area contributed by atoms with Gasteiger partial charge in [-0.15, -0.1) is 0 Å². The smallest absolute Gasteiger partial charge is 0.321 e. The van der Waals surface area contributed by atoms with Crippen molar-refractivity contribution in [1.82, 2.24) is 16.0 Å². The first-order chi connectivity index (χ1) is 11.1. The van der Waals surface area contributed by atoms with Gasteiger partial charge in [-0.1, -0.05) is 30.3 Å². The highest BCUT2D eigenvalue weighted by Crippen LogP contribution is 2.09. The lowest BCUT2D eigenvalue weighted by atomic mass is 10.0. The molecule has 1 aromatic carbocycles. The van der Waals surface area contributed by atoms with E-state index in [4.69, 9.17) is 0 Å². The van der Waals surface area contributed by atoms with Crippen LogP contribution in [0.2, 0.25) is 0 Å². The number of benzene rings is 1. The Morgan fingerprint density at radius 2 is 1.71 bits per heavy atom. The van der Waals surface area contributed by atoms with E-state index in [0.717, 1.165) is 5.56 Å². The normalized spacial score (nSPS) is 13.5. The first-order valence-corrected chi connectivity index (χ1v) is 7.85. The Morgan fingerprint density at radius 1 is 1.12 bits per heavy atom. The second-order valence-electron chi connectivity index (χ2n) is 6.73. The van der Waals surface area contributed by atoms with E-state index < -0.39 is 18.0 Å². The van der Waals surface area contributed by atoms with E-state index in [1.54, 1.807) is 19.2 Å². The highest BCUT2D eigenvalue weighted by molar-refractivity contribution is 5.96. The summed E-state index contributed by atoms with van der Waals surface area (Å²) in [7, 11) is 3.19. The van der Waals surface area contributed by atoms with E-state index in [-0.39, 0.29) is 18.0 Å². The van der Waals surface area contributed by atoms with Crippen molar-refractivity contribution >= 4 is 17.8 Å². The average Bonchev–Trinajstić information content (AvgIpc) is 2.46. The molecule has 24 heavy (non-hydrogen) atoms. The molecule has 0 aromatic heterocycles. The maximum atomic E-state index is 12.5. The fraction of sp³-hybridized carbons (Fsp3) is 0.471. The van der Waals surface area contributed by atoms with Gasteiger partial charge < -0.3 is 15.5 Å². The number of imide groups is 1. The van der Waals surface area contributed by atoms with Crippen LogP contribution in [0.1, 0.15) is 32.4 Å². The number of hydrogen-bond acceptors (Lipinski definition) is 3. The molecule has 1 aromatic rings. The maximum Gasteiger partial charge on any atom is 0.321 e. The van der Waals surface area contributed by atoms with Gasteiger partial charge in [-0.2, -0.15) is 0 Å². The van der Waals surface area contributed by atoms with Crippen molar-refractivity contribution < 1.29 is 19.3 Å². The number of carbonyl (C=O) groups is 3. The molecule has 0 radical (unpaired) electrons. The summed E-state index contributed by atoms with van der Waals surface area (Å²) in [5.41, 5.74) is 0.393. The van der Waals surface area contributed by atoms with E-state index in [2.05, 4.69) is 16.0 Å². The molecule has 7 nitrogen and oxygen atoms in total. The molecule has 132 valence electrons. The van der Waals surface area contributed by atoms with Gasteiger partial charge in [0.05, 0.1) is 7.05 Å². The van der Waals surface area contributed by atoms with Gasteiger partial charge in [0.1, 0.15) is 0 Å². The summed E-state index contributed by atoms with van der Waals surface area (Å²) in [4.78, 5) is 36.8. The Bertz CT molecular complexity index is 581. The summed E-state index contributed by atoms with van der Waals surface area (Å²) < 4.78 is 0. The SMILES string of the molecule is CNC(=O)NC(=O)[C@H](c1ccccc1)[NH+](C)CC(=O)NC(C)(C)C. The van der Waals surface area contributed by atoms with Crippen molar-refractivity contribution in [1.29, 1.82) is 0 Å². The van der Waals surface area contributed by atoms with Crippen molar-refractivity contribution in [2.24, 2.45) is 0 Å². The van der Waals surface area contributed by atoms with Gasteiger partial charge in [0, 0.05) is 18.2 Å². The lowest BCUT2D eigenvalue weighted by Gasteiger charge is -2.26. The number of quaternary nitrogens is 1. The van der Waals surface area contributed by atoms with Crippen molar-refractivity contribution in [3.63, 3.8) is 0 Å². The van der Waals surface area contributed by atoms with Gasteiger partial charge in [0.25, 0.3) is 11.8 Å². The van der Waals surface area contributed by atoms with Crippen molar-refractivity contribution in [3.05, 3.63) is 35.9 Å². The van der Waals surface area contributed by atoms with E-state index >= 15 is 0 Å². The number of rotatable bonds is 5. The lowest BCUT2D eigenvalue weighted by molar-refractivity contribution is -0.894. The van der Waals surface area contributed by atoms with Crippen LogP contribution in [-0.2, 0) is 9.59 Å². The monoisotopic (exact) mass is 335 g/mol. The van der Waals surface area contributed by atoms with Crippen molar-refractivity contribution in [2.75, 3.05) is 20.6 Å². The van der Waals surface area contributed by atoms with E-state index in [1.165, 1.54) is 7.05 Å². The van der Waals surface area contributed by atoms with Crippen LogP contribution in [0, 0.1) is 0 Å². The number of amides is 4. The molecule has 0 bridgehead atoms. The van der Waals surface area contributed by atoms with E-state index in [9.17, 15) is 14.4 Å². The second kappa shape index (κ2) is 8.44. The van der Waals surface area contributed by atoms with E-state index in [0.29, 0.717) is 4.90 Å². The number of likely N-dealkylation sites (N-methyl/N-ethyl adjacent to an activating group) is 1. The highest BCUT2D eigenvalue weighted by Gasteiger charge is 2.32. The molecule has 0 saturated heterocycles. The highest BCUT2D eigenvalue weighted by atomic mass is 16.2. The molecule has 1 unspecified atom stereocenters. The molecule has 0 aliphatic carbocycles. The number of urea groups is 1. The molecule has 0 spiro atoms. The van der Waals surface area contributed by atoms with Crippen molar-refractivity contribution in [3.8, 4) is 0 Å². The molecule has 0 aliphatic heterocycles. The molecule has 1 rings (SSSR count). The van der Waals surface area contributed by atoms with Crippen LogP contribution in [0.3, 0.4) is 0 Å². The fourth-order valence-electron chi connectivity index (χ4n) is 2.37. The average molecular weight is 335 g/mol.